The Balaban J connectivity index is 1.52. The van der Waals surface area contributed by atoms with Crippen LogP contribution in [0.1, 0.15) is 17.5 Å². The lowest BCUT2D eigenvalue weighted by molar-refractivity contribution is -0.131. The number of benzene rings is 3. The van der Waals surface area contributed by atoms with E-state index in [1.807, 2.05) is 66.7 Å². The van der Waals surface area contributed by atoms with E-state index in [9.17, 15) is 9.59 Å². The summed E-state index contributed by atoms with van der Waals surface area (Å²) in [7, 11) is 0. The Bertz CT molecular complexity index is 1210. The number of imide groups is 1. The molecular weight excluding hydrogens is 370 g/mol. The number of thiazole rings is 1. The number of nitrogens with zero attached hydrogens (tertiary/aromatic N) is 2. The zero-order chi connectivity index (χ0) is 19.3. The van der Waals surface area contributed by atoms with E-state index < -0.39 is 5.54 Å². The summed E-state index contributed by atoms with van der Waals surface area (Å²) in [4.78, 5) is 31.8. The minimum Gasteiger partial charge on any atom is -0.319 e. The van der Waals surface area contributed by atoms with Gasteiger partial charge >= 0.3 is 6.03 Å². The molecule has 1 aromatic heterocycles. The summed E-state index contributed by atoms with van der Waals surface area (Å²) in [6.07, 6.45) is 0. The number of nitrogens with one attached hydrogen (secondary N) is 1. The Kier molecular flexibility index (Phi) is 3.70. The van der Waals surface area contributed by atoms with Gasteiger partial charge in [-0.15, -0.1) is 11.3 Å². The molecule has 1 fully saturated rings. The van der Waals surface area contributed by atoms with Crippen LogP contribution in [0.2, 0.25) is 0 Å². The Labute approximate surface area is 165 Å². The smallest absolute Gasteiger partial charge is 0.319 e. The fourth-order valence-electron chi connectivity index (χ4n) is 3.81. The van der Waals surface area contributed by atoms with E-state index in [1.54, 1.807) is 6.92 Å². The molecular formula is C22H17N3O2S. The number of hydrogen-bond acceptors (Lipinski definition) is 4. The van der Waals surface area contributed by atoms with Crippen molar-refractivity contribution in [2.24, 2.45) is 0 Å². The van der Waals surface area contributed by atoms with Gasteiger partial charge < -0.3 is 5.32 Å². The molecule has 5 nitrogen and oxygen atoms in total. The Morgan fingerprint density at radius 3 is 2.61 bits per heavy atom. The van der Waals surface area contributed by atoms with Crippen molar-refractivity contribution in [3.8, 4) is 0 Å². The van der Waals surface area contributed by atoms with Crippen molar-refractivity contribution in [1.29, 1.82) is 0 Å². The predicted molar refractivity (Wildman–Crippen MR) is 110 cm³/mol. The monoisotopic (exact) mass is 387 g/mol. The van der Waals surface area contributed by atoms with Crippen molar-refractivity contribution < 1.29 is 9.59 Å². The molecule has 1 saturated heterocycles. The molecule has 1 aliphatic rings. The topological polar surface area (TPSA) is 62.3 Å². The molecule has 3 aromatic carbocycles. The molecule has 6 heteroatoms. The van der Waals surface area contributed by atoms with Crippen molar-refractivity contribution in [2.75, 3.05) is 0 Å². The number of urea groups is 1. The molecule has 5 rings (SSSR count). The second kappa shape index (κ2) is 6.14. The summed E-state index contributed by atoms with van der Waals surface area (Å²) >= 11 is 1.50. The van der Waals surface area contributed by atoms with Crippen molar-refractivity contribution in [3.63, 3.8) is 0 Å². The first-order chi connectivity index (χ1) is 13.6. The predicted octanol–water partition coefficient (Wildman–Crippen LogP) is 4.42. The average molecular weight is 387 g/mol. The Morgan fingerprint density at radius 1 is 1.00 bits per heavy atom. The summed E-state index contributed by atoms with van der Waals surface area (Å²) in [5, 5.41) is 5.65. The van der Waals surface area contributed by atoms with Crippen molar-refractivity contribution >= 4 is 44.3 Å². The van der Waals surface area contributed by atoms with Crippen LogP contribution in [0, 0.1) is 0 Å². The van der Waals surface area contributed by atoms with Gasteiger partial charge in [-0.3, -0.25) is 9.69 Å². The average Bonchev–Trinajstić information content (AvgIpc) is 3.22. The zero-order valence-electron chi connectivity index (χ0n) is 15.2. The van der Waals surface area contributed by atoms with Crippen LogP contribution in [-0.2, 0) is 16.9 Å². The lowest BCUT2D eigenvalue weighted by Crippen LogP contribution is -2.41. The molecule has 0 aliphatic carbocycles. The normalized spacial score (nSPS) is 19.5. The summed E-state index contributed by atoms with van der Waals surface area (Å²) in [6, 6.07) is 21.1. The van der Waals surface area contributed by atoms with Crippen LogP contribution in [0.5, 0.6) is 0 Å². The Morgan fingerprint density at radius 2 is 1.75 bits per heavy atom. The van der Waals surface area contributed by atoms with Crippen LogP contribution >= 0.6 is 11.3 Å². The highest BCUT2D eigenvalue weighted by molar-refractivity contribution is 7.18. The van der Waals surface area contributed by atoms with E-state index in [1.165, 1.54) is 16.2 Å². The number of hydrogen-bond donors (Lipinski definition) is 1. The molecule has 1 atom stereocenters. The highest BCUT2D eigenvalue weighted by Crippen LogP contribution is 2.35. The lowest BCUT2D eigenvalue weighted by atomic mass is 9.88. The molecule has 0 saturated carbocycles. The number of para-hydroxylation sites is 1. The molecule has 1 aliphatic heterocycles. The van der Waals surface area contributed by atoms with Gasteiger partial charge in [0.2, 0.25) is 0 Å². The largest absolute Gasteiger partial charge is 0.325 e. The van der Waals surface area contributed by atoms with E-state index in [2.05, 4.69) is 10.3 Å². The summed E-state index contributed by atoms with van der Waals surface area (Å²) in [6.45, 7) is 1.94. The van der Waals surface area contributed by atoms with Gasteiger partial charge in [-0.25, -0.2) is 9.78 Å². The van der Waals surface area contributed by atoms with Gasteiger partial charge in [0.25, 0.3) is 5.91 Å². The Hall–Kier alpha value is -3.25. The van der Waals surface area contributed by atoms with Crippen molar-refractivity contribution in [2.45, 2.75) is 19.0 Å². The second-order valence-corrected chi connectivity index (χ2v) is 8.16. The fourth-order valence-corrected chi connectivity index (χ4v) is 4.76. The van der Waals surface area contributed by atoms with Gasteiger partial charge in [0, 0.05) is 0 Å². The standard InChI is InChI=1S/C22H17N3O2S/c1-22(16-10-6-8-14-7-2-3-9-15(14)16)20(26)25(21(27)24-22)13-19-23-17-11-4-5-12-18(17)28-19/h2-12H,13H2,1H3,(H,24,27)/t22-/m0/s1. The third-order valence-electron chi connectivity index (χ3n) is 5.23. The third kappa shape index (κ3) is 2.49. The van der Waals surface area contributed by atoms with Crippen molar-refractivity contribution in [3.05, 3.63) is 77.3 Å². The molecule has 2 heterocycles. The molecule has 3 amide bonds. The number of amides is 3. The van der Waals surface area contributed by atoms with E-state index >= 15 is 0 Å². The number of rotatable bonds is 3. The van der Waals surface area contributed by atoms with Crippen LogP contribution in [0.3, 0.4) is 0 Å². The molecule has 0 radical (unpaired) electrons. The minimum atomic E-state index is -1.10. The van der Waals surface area contributed by atoms with Crippen LogP contribution in [-0.4, -0.2) is 21.8 Å². The van der Waals surface area contributed by atoms with Crippen LogP contribution in [0.15, 0.2) is 66.7 Å². The zero-order valence-corrected chi connectivity index (χ0v) is 16.0. The molecule has 1 N–H and O–H groups in total. The molecule has 0 spiro atoms. The lowest BCUT2D eigenvalue weighted by Gasteiger charge is -2.24. The number of carbonyl (C=O) groups excluding carboxylic acids is 2. The third-order valence-corrected chi connectivity index (χ3v) is 6.26. The molecule has 0 bridgehead atoms. The highest BCUT2D eigenvalue weighted by Gasteiger charge is 2.49. The highest BCUT2D eigenvalue weighted by atomic mass is 32.1. The maximum Gasteiger partial charge on any atom is 0.325 e. The summed E-state index contributed by atoms with van der Waals surface area (Å²) < 4.78 is 1.04. The number of carbonyl (C=O) groups is 2. The van der Waals surface area contributed by atoms with E-state index in [0.29, 0.717) is 0 Å². The quantitative estimate of drug-likeness (QED) is 0.530. The summed E-state index contributed by atoms with van der Waals surface area (Å²) in [5.41, 5.74) is 0.580. The first-order valence-electron chi connectivity index (χ1n) is 9.03. The van der Waals surface area contributed by atoms with Crippen LogP contribution in [0.4, 0.5) is 4.79 Å². The summed E-state index contributed by atoms with van der Waals surface area (Å²) in [5.74, 6) is -0.256. The van der Waals surface area contributed by atoms with Gasteiger partial charge in [0.1, 0.15) is 10.5 Å². The molecule has 28 heavy (non-hydrogen) atoms. The number of aromatic nitrogens is 1. The SMILES string of the molecule is C[C@@]1(c2cccc3ccccc23)NC(=O)N(Cc2nc3ccccc3s2)C1=O. The first-order valence-corrected chi connectivity index (χ1v) is 9.85. The fraction of sp³-hybridized carbons (Fsp3) is 0.136. The molecule has 138 valence electrons. The number of fused-ring (bicyclic) bond motifs is 2. The minimum absolute atomic E-state index is 0.171. The second-order valence-electron chi connectivity index (χ2n) is 7.05. The van der Waals surface area contributed by atoms with Crippen LogP contribution in [0.25, 0.3) is 21.0 Å². The van der Waals surface area contributed by atoms with Gasteiger partial charge in [0.15, 0.2) is 0 Å². The maximum atomic E-state index is 13.3. The first kappa shape index (κ1) is 16.9. The van der Waals surface area contributed by atoms with Gasteiger partial charge in [-0.2, -0.15) is 0 Å². The van der Waals surface area contributed by atoms with E-state index in [-0.39, 0.29) is 18.5 Å². The van der Waals surface area contributed by atoms with E-state index in [4.69, 9.17) is 0 Å². The van der Waals surface area contributed by atoms with E-state index in [0.717, 1.165) is 31.6 Å². The van der Waals surface area contributed by atoms with Gasteiger partial charge in [0.05, 0.1) is 16.8 Å². The maximum absolute atomic E-state index is 13.3. The van der Waals surface area contributed by atoms with Crippen molar-refractivity contribution in [1.82, 2.24) is 15.2 Å². The van der Waals surface area contributed by atoms with Gasteiger partial charge in [-0.05, 0) is 35.4 Å². The molecule has 0 unspecified atom stereocenters. The van der Waals surface area contributed by atoms with Gasteiger partial charge in [-0.1, -0.05) is 54.6 Å². The van der Waals surface area contributed by atoms with Crippen LogP contribution < -0.4 is 5.32 Å². The molecule has 4 aromatic rings.